The van der Waals surface area contributed by atoms with Crippen molar-refractivity contribution in [3.05, 3.63) is 88.3 Å². The van der Waals surface area contributed by atoms with Crippen LogP contribution in [0.4, 0.5) is 4.79 Å². The van der Waals surface area contributed by atoms with E-state index in [0.29, 0.717) is 22.3 Å². The lowest BCUT2D eigenvalue weighted by molar-refractivity contribution is -0.146. The molecule has 1 aromatic heterocycles. The molecule has 0 aliphatic rings. The molecule has 0 aliphatic carbocycles. The molecule has 4 aromatic rings. The van der Waals surface area contributed by atoms with Gasteiger partial charge in [0.15, 0.2) is 0 Å². The monoisotopic (exact) mass is 461 g/mol. The topological polar surface area (TPSA) is 104 Å². The zero-order valence-corrected chi connectivity index (χ0v) is 18.7. The van der Waals surface area contributed by atoms with Crippen LogP contribution in [0.25, 0.3) is 21.7 Å². The van der Waals surface area contributed by atoms with E-state index in [2.05, 4.69) is 5.32 Å². The smallest absolute Gasteiger partial charge is 0.408 e. The first-order valence-corrected chi connectivity index (χ1v) is 10.6. The van der Waals surface area contributed by atoms with Crippen molar-refractivity contribution in [3.63, 3.8) is 0 Å². The molecule has 0 unspecified atom stereocenters. The van der Waals surface area contributed by atoms with Crippen molar-refractivity contribution in [2.45, 2.75) is 26.2 Å². The maximum Gasteiger partial charge on any atom is 0.408 e. The molecular weight excluding hydrogens is 438 g/mol. The summed E-state index contributed by atoms with van der Waals surface area (Å²) in [4.78, 5) is 36.6. The third-order valence-electron chi connectivity index (χ3n) is 5.28. The van der Waals surface area contributed by atoms with Crippen LogP contribution in [-0.2, 0) is 27.5 Å². The van der Waals surface area contributed by atoms with E-state index in [1.807, 2.05) is 54.6 Å². The fraction of sp³-hybridized carbons (Fsp3) is 0.192. The van der Waals surface area contributed by atoms with Gasteiger partial charge in [0.1, 0.15) is 30.6 Å². The van der Waals surface area contributed by atoms with Gasteiger partial charge in [-0.15, -0.1) is 0 Å². The number of methoxy groups -OCH3 is 1. The van der Waals surface area contributed by atoms with Crippen molar-refractivity contribution < 1.29 is 28.2 Å². The van der Waals surface area contributed by atoms with Crippen molar-refractivity contribution in [1.29, 1.82) is 0 Å². The van der Waals surface area contributed by atoms with Crippen LogP contribution in [0.15, 0.2) is 75.9 Å². The number of alkyl carbamates (subject to hydrolysis) is 1. The van der Waals surface area contributed by atoms with Crippen LogP contribution in [0.2, 0.25) is 0 Å². The van der Waals surface area contributed by atoms with Gasteiger partial charge in [0.25, 0.3) is 0 Å². The molecule has 8 heteroatoms. The summed E-state index contributed by atoms with van der Waals surface area (Å²) in [7, 11) is 1.56. The summed E-state index contributed by atoms with van der Waals surface area (Å²) in [5.41, 5.74) is 1.12. The number of rotatable bonds is 7. The molecule has 34 heavy (non-hydrogen) atoms. The highest BCUT2D eigenvalue weighted by Gasteiger charge is 2.19. The zero-order valence-electron chi connectivity index (χ0n) is 18.7. The van der Waals surface area contributed by atoms with Crippen LogP contribution >= 0.6 is 0 Å². The molecule has 0 aliphatic heterocycles. The van der Waals surface area contributed by atoms with Gasteiger partial charge >= 0.3 is 17.7 Å². The predicted octanol–water partition coefficient (Wildman–Crippen LogP) is 4.31. The third-order valence-corrected chi connectivity index (χ3v) is 5.28. The molecular formula is C26H23NO7. The van der Waals surface area contributed by atoms with Gasteiger partial charge in [0.05, 0.1) is 7.11 Å². The molecule has 0 bridgehead atoms. The minimum absolute atomic E-state index is 0.0801. The SMILES string of the molecule is COc1ccc2ccc3oc(=O)cc(COC(=O)[C@H](C)NC(=O)OCc4ccccc4)c3c2c1. The van der Waals surface area contributed by atoms with E-state index in [1.165, 1.54) is 13.0 Å². The van der Waals surface area contributed by atoms with Gasteiger partial charge in [-0.1, -0.05) is 42.5 Å². The summed E-state index contributed by atoms with van der Waals surface area (Å²) in [6.07, 6.45) is -0.739. The van der Waals surface area contributed by atoms with Crippen LogP contribution in [0.1, 0.15) is 18.1 Å². The van der Waals surface area contributed by atoms with Gasteiger partial charge < -0.3 is 23.9 Å². The van der Waals surface area contributed by atoms with Gasteiger partial charge in [-0.3, -0.25) is 0 Å². The first-order chi connectivity index (χ1) is 16.4. The number of amides is 1. The normalized spacial score (nSPS) is 11.7. The Morgan fingerprint density at radius 1 is 0.971 bits per heavy atom. The number of nitrogens with one attached hydrogen (secondary N) is 1. The van der Waals surface area contributed by atoms with E-state index in [-0.39, 0.29) is 13.2 Å². The maximum atomic E-state index is 12.5. The number of hydrogen-bond acceptors (Lipinski definition) is 7. The van der Waals surface area contributed by atoms with E-state index < -0.39 is 23.7 Å². The third kappa shape index (κ3) is 5.17. The highest BCUT2D eigenvalue weighted by molar-refractivity contribution is 6.07. The van der Waals surface area contributed by atoms with Crippen LogP contribution in [0.3, 0.4) is 0 Å². The Hall–Kier alpha value is -4.33. The quantitative estimate of drug-likeness (QED) is 0.248. The Kier molecular flexibility index (Phi) is 6.77. The van der Waals surface area contributed by atoms with Crippen molar-refractivity contribution in [2.24, 2.45) is 0 Å². The number of ether oxygens (including phenoxy) is 3. The van der Waals surface area contributed by atoms with Crippen molar-refractivity contribution in [2.75, 3.05) is 7.11 Å². The van der Waals surface area contributed by atoms with Gasteiger partial charge in [0.2, 0.25) is 0 Å². The highest BCUT2D eigenvalue weighted by Crippen LogP contribution is 2.30. The van der Waals surface area contributed by atoms with Gasteiger partial charge in [-0.25, -0.2) is 14.4 Å². The van der Waals surface area contributed by atoms with Crippen LogP contribution in [-0.4, -0.2) is 25.2 Å². The van der Waals surface area contributed by atoms with Gasteiger partial charge in [0, 0.05) is 17.0 Å². The molecule has 0 spiro atoms. The summed E-state index contributed by atoms with van der Waals surface area (Å²) >= 11 is 0. The second-order valence-corrected chi connectivity index (χ2v) is 7.65. The lowest BCUT2D eigenvalue weighted by Gasteiger charge is -2.15. The summed E-state index contributed by atoms with van der Waals surface area (Å²) < 4.78 is 21.2. The fourth-order valence-corrected chi connectivity index (χ4v) is 3.56. The second kappa shape index (κ2) is 10.1. The minimum atomic E-state index is -0.952. The van der Waals surface area contributed by atoms with Crippen LogP contribution < -0.4 is 15.7 Å². The lowest BCUT2D eigenvalue weighted by Crippen LogP contribution is -2.39. The van der Waals surface area contributed by atoms with E-state index in [1.54, 1.807) is 13.2 Å². The van der Waals surface area contributed by atoms with Crippen molar-refractivity contribution in [3.8, 4) is 5.75 Å². The van der Waals surface area contributed by atoms with Gasteiger partial charge in [-0.05, 0) is 41.5 Å². The highest BCUT2D eigenvalue weighted by atomic mass is 16.6. The van der Waals surface area contributed by atoms with Gasteiger partial charge in [-0.2, -0.15) is 0 Å². The molecule has 1 N–H and O–H groups in total. The summed E-state index contributed by atoms with van der Waals surface area (Å²) in [5, 5.41) is 4.79. The fourth-order valence-electron chi connectivity index (χ4n) is 3.56. The summed E-state index contributed by atoms with van der Waals surface area (Å²) in [5.74, 6) is -0.0307. The largest absolute Gasteiger partial charge is 0.497 e. The lowest BCUT2D eigenvalue weighted by atomic mass is 10.0. The van der Waals surface area contributed by atoms with Crippen molar-refractivity contribution in [1.82, 2.24) is 5.32 Å². The van der Waals surface area contributed by atoms with E-state index in [9.17, 15) is 14.4 Å². The number of hydrogen-bond donors (Lipinski definition) is 1. The Labute approximate surface area is 195 Å². The maximum absolute atomic E-state index is 12.5. The molecule has 4 rings (SSSR count). The Balaban J connectivity index is 1.47. The summed E-state index contributed by atoms with van der Waals surface area (Å²) in [6.45, 7) is 1.39. The molecule has 1 heterocycles. The average molecular weight is 461 g/mol. The molecule has 0 saturated carbocycles. The van der Waals surface area contributed by atoms with Crippen LogP contribution in [0.5, 0.6) is 5.75 Å². The molecule has 0 fully saturated rings. The number of fused-ring (bicyclic) bond motifs is 3. The number of carbonyl (C=O) groups is 2. The second-order valence-electron chi connectivity index (χ2n) is 7.65. The molecule has 1 amide bonds. The average Bonchev–Trinajstić information content (AvgIpc) is 2.85. The van der Waals surface area contributed by atoms with E-state index in [4.69, 9.17) is 18.6 Å². The summed E-state index contributed by atoms with van der Waals surface area (Å²) in [6, 6.07) is 18.6. The molecule has 0 saturated heterocycles. The Bertz CT molecular complexity index is 1400. The first-order valence-electron chi connectivity index (χ1n) is 10.6. The van der Waals surface area contributed by atoms with E-state index >= 15 is 0 Å². The Morgan fingerprint density at radius 2 is 1.74 bits per heavy atom. The molecule has 174 valence electrons. The number of benzene rings is 3. The van der Waals surface area contributed by atoms with Crippen LogP contribution in [0, 0.1) is 0 Å². The predicted molar refractivity (Wildman–Crippen MR) is 126 cm³/mol. The molecule has 0 radical (unpaired) electrons. The Morgan fingerprint density at radius 3 is 2.50 bits per heavy atom. The zero-order chi connectivity index (χ0) is 24.1. The first kappa shape index (κ1) is 22.8. The standard InChI is InChI=1S/C26H23NO7/c1-16(27-26(30)33-14-17-6-4-3-5-7-17)25(29)32-15-19-12-23(28)34-22-11-9-18-8-10-20(31-2)13-21(18)24(19)22/h3-13,16H,14-15H2,1-2H3,(H,27,30)/t16-/m0/s1. The number of esters is 1. The van der Waals surface area contributed by atoms with Crippen molar-refractivity contribution >= 4 is 33.8 Å². The number of carbonyl (C=O) groups excluding carboxylic acids is 2. The van der Waals surface area contributed by atoms with E-state index in [0.717, 1.165) is 16.3 Å². The molecule has 3 aromatic carbocycles. The molecule has 1 atom stereocenters. The molecule has 8 nitrogen and oxygen atoms in total. The minimum Gasteiger partial charge on any atom is -0.497 e.